The average Bonchev–Trinajstić information content (AvgIpc) is 2.41. The summed E-state index contributed by atoms with van der Waals surface area (Å²) >= 11 is 5.96. The van der Waals surface area contributed by atoms with E-state index >= 15 is 0 Å². The maximum absolute atomic E-state index is 11.1. The van der Waals surface area contributed by atoms with Crippen molar-refractivity contribution in [2.45, 2.75) is 19.9 Å². The Bertz CT molecular complexity index is 618. The largest absolute Gasteiger partial charge is 0.361 e. The lowest BCUT2D eigenvalue weighted by molar-refractivity contribution is -0.114. The zero-order valence-corrected chi connectivity index (χ0v) is 12.0. The van der Waals surface area contributed by atoms with E-state index in [0.717, 1.165) is 11.3 Å². The summed E-state index contributed by atoms with van der Waals surface area (Å²) in [5.74, 6) is 0.436. The summed E-state index contributed by atoms with van der Waals surface area (Å²) in [5.41, 5.74) is 1.77. The van der Waals surface area contributed by atoms with Gasteiger partial charge in [0, 0.05) is 25.0 Å². The van der Waals surface area contributed by atoms with Gasteiger partial charge < -0.3 is 10.6 Å². The van der Waals surface area contributed by atoms with E-state index in [1.165, 1.54) is 13.1 Å². The predicted molar refractivity (Wildman–Crippen MR) is 79.8 cm³/mol. The molecule has 2 aromatic rings. The van der Waals surface area contributed by atoms with Gasteiger partial charge in [-0.2, -0.15) is 0 Å². The molecule has 2 N–H and O–H groups in total. The summed E-state index contributed by atoms with van der Waals surface area (Å²) in [6.07, 6.45) is 3.12. The molecule has 2 rings (SSSR count). The number of halogens is 1. The number of benzene rings is 1. The first kappa shape index (κ1) is 14.3. The average molecular weight is 291 g/mol. The number of amides is 1. The standard InChI is InChI=1S/C14H15ClN4O/c1-9(18-14-13(15)16-6-7-17-14)11-4-3-5-12(8-11)19-10(2)20/h3-9H,1-2H3,(H,17,18)(H,19,20). The molecular formula is C14H15ClN4O. The van der Waals surface area contributed by atoms with Crippen LogP contribution in [0.2, 0.25) is 5.15 Å². The van der Waals surface area contributed by atoms with Crippen molar-refractivity contribution in [3.8, 4) is 0 Å². The third kappa shape index (κ3) is 3.68. The highest BCUT2D eigenvalue weighted by atomic mass is 35.5. The van der Waals surface area contributed by atoms with E-state index in [1.54, 1.807) is 6.20 Å². The molecule has 0 aliphatic heterocycles. The Morgan fingerprint density at radius 3 is 2.75 bits per heavy atom. The lowest BCUT2D eigenvalue weighted by Crippen LogP contribution is -2.10. The molecule has 0 aliphatic carbocycles. The molecule has 1 aromatic heterocycles. The van der Waals surface area contributed by atoms with Crippen LogP contribution in [0.15, 0.2) is 36.7 Å². The fraction of sp³-hybridized carbons (Fsp3) is 0.214. The fourth-order valence-electron chi connectivity index (χ4n) is 1.80. The minimum Gasteiger partial charge on any atom is -0.361 e. The highest BCUT2D eigenvalue weighted by molar-refractivity contribution is 6.31. The third-order valence-corrected chi connectivity index (χ3v) is 2.99. The van der Waals surface area contributed by atoms with Crippen molar-refractivity contribution in [1.29, 1.82) is 0 Å². The number of rotatable bonds is 4. The molecule has 1 unspecified atom stereocenters. The number of nitrogens with zero attached hydrogens (tertiary/aromatic N) is 2. The summed E-state index contributed by atoms with van der Waals surface area (Å²) in [6, 6.07) is 7.58. The Labute approximate surface area is 122 Å². The van der Waals surface area contributed by atoms with Gasteiger partial charge in [0.25, 0.3) is 0 Å². The van der Waals surface area contributed by atoms with Crippen molar-refractivity contribution in [3.63, 3.8) is 0 Å². The summed E-state index contributed by atoms with van der Waals surface area (Å²) in [4.78, 5) is 19.2. The number of carbonyl (C=O) groups is 1. The molecule has 20 heavy (non-hydrogen) atoms. The van der Waals surface area contributed by atoms with Crippen LogP contribution in [0, 0.1) is 0 Å². The minimum atomic E-state index is -0.0975. The number of hydrogen-bond donors (Lipinski definition) is 2. The summed E-state index contributed by atoms with van der Waals surface area (Å²) in [6.45, 7) is 3.46. The van der Waals surface area contributed by atoms with E-state index in [0.29, 0.717) is 11.0 Å². The molecule has 1 atom stereocenters. The quantitative estimate of drug-likeness (QED) is 0.907. The highest BCUT2D eigenvalue weighted by Crippen LogP contribution is 2.23. The number of nitrogens with one attached hydrogen (secondary N) is 2. The molecule has 0 radical (unpaired) electrons. The molecule has 0 bridgehead atoms. The van der Waals surface area contributed by atoms with Crippen LogP contribution in [0.3, 0.4) is 0 Å². The molecule has 0 aliphatic rings. The number of carbonyl (C=O) groups excluding carboxylic acids is 1. The van der Waals surface area contributed by atoms with Crippen molar-refractivity contribution in [2.24, 2.45) is 0 Å². The fourth-order valence-corrected chi connectivity index (χ4v) is 1.96. The van der Waals surface area contributed by atoms with E-state index in [9.17, 15) is 4.79 Å². The Kier molecular flexibility index (Phi) is 4.53. The van der Waals surface area contributed by atoms with E-state index in [1.807, 2.05) is 31.2 Å². The maximum atomic E-state index is 11.1. The molecule has 104 valence electrons. The highest BCUT2D eigenvalue weighted by Gasteiger charge is 2.09. The van der Waals surface area contributed by atoms with Gasteiger partial charge in [-0.1, -0.05) is 23.7 Å². The first-order valence-corrected chi connectivity index (χ1v) is 6.54. The lowest BCUT2D eigenvalue weighted by Gasteiger charge is -2.16. The molecule has 0 fully saturated rings. The van der Waals surface area contributed by atoms with Gasteiger partial charge in [-0.15, -0.1) is 0 Å². The topological polar surface area (TPSA) is 66.9 Å². The Morgan fingerprint density at radius 1 is 1.30 bits per heavy atom. The van der Waals surface area contributed by atoms with Crippen LogP contribution in [0.4, 0.5) is 11.5 Å². The molecule has 5 nitrogen and oxygen atoms in total. The van der Waals surface area contributed by atoms with E-state index in [-0.39, 0.29) is 11.9 Å². The predicted octanol–water partition coefficient (Wildman–Crippen LogP) is 3.26. The Balaban J connectivity index is 2.15. The monoisotopic (exact) mass is 290 g/mol. The minimum absolute atomic E-state index is 0.0158. The molecule has 0 saturated carbocycles. The van der Waals surface area contributed by atoms with Crippen LogP contribution < -0.4 is 10.6 Å². The molecule has 1 amide bonds. The van der Waals surface area contributed by atoms with Crippen LogP contribution in [0.1, 0.15) is 25.5 Å². The van der Waals surface area contributed by atoms with Gasteiger partial charge in [0.05, 0.1) is 6.04 Å². The van der Waals surface area contributed by atoms with Gasteiger partial charge in [-0.25, -0.2) is 9.97 Å². The molecule has 6 heteroatoms. The van der Waals surface area contributed by atoms with Crippen molar-refractivity contribution < 1.29 is 4.79 Å². The van der Waals surface area contributed by atoms with Gasteiger partial charge in [0.1, 0.15) is 0 Å². The van der Waals surface area contributed by atoms with E-state index < -0.39 is 0 Å². The lowest BCUT2D eigenvalue weighted by atomic mass is 10.1. The summed E-state index contributed by atoms with van der Waals surface area (Å²) in [7, 11) is 0. The first-order chi connectivity index (χ1) is 9.56. The van der Waals surface area contributed by atoms with Crippen LogP contribution in [-0.4, -0.2) is 15.9 Å². The van der Waals surface area contributed by atoms with Gasteiger partial charge in [0.2, 0.25) is 5.91 Å². The van der Waals surface area contributed by atoms with Crippen molar-refractivity contribution in [2.75, 3.05) is 10.6 Å². The number of hydrogen-bond acceptors (Lipinski definition) is 4. The van der Waals surface area contributed by atoms with Gasteiger partial charge >= 0.3 is 0 Å². The van der Waals surface area contributed by atoms with Gasteiger partial charge in [-0.3, -0.25) is 4.79 Å². The Hall–Kier alpha value is -2.14. The van der Waals surface area contributed by atoms with Crippen molar-refractivity contribution in [3.05, 3.63) is 47.4 Å². The maximum Gasteiger partial charge on any atom is 0.221 e. The molecule has 0 spiro atoms. The van der Waals surface area contributed by atoms with E-state index in [4.69, 9.17) is 11.6 Å². The van der Waals surface area contributed by atoms with Crippen LogP contribution in [-0.2, 0) is 4.79 Å². The van der Waals surface area contributed by atoms with Crippen molar-refractivity contribution in [1.82, 2.24) is 9.97 Å². The first-order valence-electron chi connectivity index (χ1n) is 6.17. The van der Waals surface area contributed by atoms with Crippen molar-refractivity contribution >= 4 is 29.0 Å². The zero-order valence-electron chi connectivity index (χ0n) is 11.2. The molecular weight excluding hydrogens is 276 g/mol. The second-order valence-corrected chi connectivity index (χ2v) is 4.73. The van der Waals surface area contributed by atoms with E-state index in [2.05, 4.69) is 20.6 Å². The molecule has 1 heterocycles. The number of aromatic nitrogens is 2. The SMILES string of the molecule is CC(=O)Nc1cccc(C(C)Nc2nccnc2Cl)c1. The number of anilines is 2. The smallest absolute Gasteiger partial charge is 0.221 e. The van der Waals surface area contributed by atoms with Crippen LogP contribution in [0.25, 0.3) is 0 Å². The molecule has 1 aromatic carbocycles. The van der Waals surface area contributed by atoms with Crippen LogP contribution in [0.5, 0.6) is 0 Å². The Morgan fingerprint density at radius 2 is 2.05 bits per heavy atom. The normalized spacial score (nSPS) is 11.8. The van der Waals surface area contributed by atoms with Gasteiger partial charge in [0.15, 0.2) is 11.0 Å². The zero-order chi connectivity index (χ0) is 14.5. The second-order valence-electron chi connectivity index (χ2n) is 4.37. The molecule has 0 saturated heterocycles. The summed E-state index contributed by atoms with van der Waals surface area (Å²) in [5, 5.41) is 6.27. The third-order valence-electron chi connectivity index (χ3n) is 2.71. The second kappa shape index (κ2) is 6.34. The van der Waals surface area contributed by atoms with Gasteiger partial charge in [-0.05, 0) is 24.6 Å². The summed E-state index contributed by atoms with van der Waals surface area (Å²) < 4.78 is 0. The van der Waals surface area contributed by atoms with Crippen LogP contribution >= 0.6 is 11.6 Å².